The second kappa shape index (κ2) is 13.2. The highest BCUT2D eigenvalue weighted by Gasteiger charge is 2.44. The molecular weight excluding hydrogens is 643 g/mol. The van der Waals surface area contributed by atoms with E-state index in [2.05, 4.69) is 180 Å². The molecule has 0 saturated carbocycles. The number of fused-ring (bicyclic) bond motifs is 6. The van der Waals surface area contributed by atoms with E-state index in [1.165, 1.54) is 66.6 Å². The Kier molecular flexibility index (Phi) is 9.33. The van der Waals surface area contributed by atoms with Gasteiger partial charge in [0.1, 0.15) is 7.05 Å². The fourth-order valence-electron chi connectivity index (χ4n) is 8.48. The number of benzene rings is 4. The van der Waals surface area contributed by atoms with Crippen LogP contribution in [-0.4, -0.2) is 31.6 Å². The summed E-state index contributed by atoms with van der Waals surface area (Å²) in [6.45, 7) is 14.2. The summed E-state index contributed by atoms with van der Waals surface area (Å²) in [5.41, 5.74) is 11.0. The van der Waals surface area contributed by atoms with Gasteiger partial charge in [0.25, 0.3) is 0 Å². The molecule has 0 fully saturated rings. The highest BCUT2D eigenvalue weighted by Crippen LogP contribution is 2.50. The van der Waals surface area contributed by atoms with E-state index < -0.39 is 7.25 Å². The van der Waals surface area contributed by atoms with Crippen LogP contribution < -0.4 is 4.90 Å². The molecule has 4 aromatic carbocycles. The predicted octanol–water partition coefficient (Wildman–Crippen LogP) is 12.4. The van der Waals surface area contributed by atoms with E-state index in [4.69, 9.17) is 0 Å². The SMILES string of the molecule is CN1/C(=C\C=C\C2=CC(=C/C=C/C3=[N+](C)c4c(ccc5ccccc45)C3(C)C)/CC(C)(C)C2)C(C)(C)c2ccc3ccccc3c21.F[B-](F)(F)F. The summed E-state index contributed by atoms with van der Waals surface area (Å²) in [6, 6.07) is 26.6. The minimum atomic E-state index is -6.00. The second-order valence-electron chi connectivity index (χ2n) is 15.9. The number of anilines is 1. The molecule has 0 saturated heterocycles. The summed E-state index contributed by atoms with van der Waals surface area (Å²) in [4.78, 5) is 2.40. The Morgan fingerprint density at radius 2 is 1.25 bits per heavy atom. The maximum Gasteiger partial charge on any atom is 0.673 e. The molecular formula is C44H47BF4N2. The maximum atomic E-state index is 9.75. The van der Waals surface area contributed by atoms with Crippen molar-refractivity contribution in [2.24, 2.45) is 5.41 Å². The highest BCUT2D eigenvalue weighted by molar-refractivity contribution is 6.50. The van der Waals surface area contributed by atoms with Gasteiger partial charge in [-0.2, -0.15) is 4.58 Å². The number of nitrogens with zero attached hydrogens (tertiary/aromatic N) is 2. The van der Waals surface area contributed by atoms with E-state index in [1.807, 2.05) is 0 Å². The minimum absolute atomic E-state index is 0.0562. The summed E-state index contributed by atoms with van der Waals surface area (Å²) in [6.07, 6.45) is 18.4. The van der Waals surface area contributed by atoms with E-state index in [-0.39, 0.29) is 16.2 Å². The van der Waals surface area contributed by atoms with Gasteiger partial charge in [0.2, 0.25) is 5.69 Å². The van der Waals surface area contributed by atoms with Crippen molar-refractivity contribution in [1.29, 1.82) is 0 Å². The normalized spacial score (nSPS) is 20.8. The molecule has 0 bridgehead atoms. The average molecular weight is 691 g/mol. The Balaban J connectivity index is 0.000000839. The van der Waals surface area contributed by atoms with Gasteiger partial charge in [0, 0.05) is 35.2 Å². The van der Waals surface area contributed by atoms with Gasteiger partial charge in [0.15, 0.2) is 5.71 Å². The van der Waals surface area contributed by atoms with Gasteiger partial charge in [-0.3, -0.25) is 0 Å². The highest BCUT2D eigenvalue weighted by atomic mass is 19.5. The van der Waals surface area contributed by atoms with Crippen molar-refractivity contribution in [2.45, 2.75) is 65.2 Å². The third-order valence-corrected chi connectivity index (χ3v) is 10.7. The van der Waals surface area contributed by atoms with Crippen LogP contribution in [0.2, 0.25) is 0 Å². The predicted molar refractivity (Wildman–Crippen MR) is 209 cm³/mol. The van der Waals surface area contributed by atoms with Crippen LogP contribution >= 0.6 is 0 Å². The largest absolute Gasteiger partial charge is 0.673 e. The topological polar surface area (TPSA) is 6.25 Å². The first-order valence-electron chi connectivity index (χ1n) is 17.6. The van der Waals surface area contributed by atoms with Crippen molar-refractivity contribution in [3.63, 3.8) is 0 Å². The number of likely N-dealkylation sites (N-methyl/N-ethyl adjacent to an activating group) is 1. The second-order valence-corrected chi connectivity index (χ2v) is 15.9. The van der Waals surface area contributed by atoms with Gasteiger partial charge in [0.05, 0.1) is 16.5 Å². The molecule has 264 valence electrons. The zero-order chi connectivity index (χ0) is 36.9. The van der Waals surface area contributed by atoms with Gasteiger partial charge < -0.3 is 22.2 Å². The smallest absolute Gasteiger partial charge is 0.418 e. The quantitative estimate of drug-likeness (QED) is 0.117. The molecule has 2 aliphatic heterocycles. The van der Waals surface area contributed by atoms with Crippen LogP contribution in [0, 0.1) is 5.41 Å². The van der Waals surface area contributed by atoms with E-state index >= 15 is 0 Å². The van der Waals surface area contributed by atoms with Crippen LogP contribution in [0.1, 0.15) is 65.5 Å². The number of allylic oxidation sites excluding steroid dienone is 10. The molecule has 2 heterocycles. The molecule has 0 amide bonds. The minimum Gasteiger partial charge on any atom is -0.418 e. The van der Waals surface area contributed by atoms with Gasteiger partial charge >= 0.3 is 7.25 Å². The van der Waals surface area contributed by atoms with Gasteiger partial charge in [-0.05, 0) is 71.7 Å². The molecule has 0 atom stereocenters. The lowest BCUT2D eigenvalue weighted by Gasteiger charge is -2.30. The van der Waals surface area contributed by atoms with Crippen LogP contribution in [0.3, 0.4) is 0 Å². The Morgan fingerprint density at radius 1 is 0.686 bits per heavy atom. The first-order chi connectivity index (χ1) is 23.9. The average Bonchev–Trinajstić information content (AvgIpc) is 3.37. The Morgan fingerprint density at radius 3 is 1.92 bits per heavy atom. The Hall–Kier alpha value is -4.65. The molecule has 0 aromatic heterocycles. The maximum absolute atomic E-state index is 9.75. The number of hydrogen-bond acceptors (Lipinski definition) is 1. The first kappa shape index (κ1) is 36.2. The molecule has 1 aliphatic carbocycles. The van der Waals surface area contributed by atoms with Gasteiger partial charge in [-0.15, -0.1) is 0 Å². The summed E-state index contributed by atoms with van der Waals surface area (Å²) in [5, 5.41) is 5.24. The zero-order valence-corrected chi connectivity index (χ0v) is 30.9. The van der Waals surface area contributed by atoms with Crippen molar-refractivity contribution in [2.75, 3.05) is 19.0 Å². The zero-order valence-electron chi connectivity index (χ0n) is 30.9. The van der Waals surface area contributed by atoms with Crippen molar-refractivity contribution < 1.29 is 21.8 Å². The van der Waals surface area contributed by atoms with E-state index in [0.717, 1.165) is 12.8 Å². The van der Waals surface area contributed by atoms with Crippen LogP contribution in [-0.2, 0) is 10.8 Å². The number of hydrogen-bond donors (Lipinski definition) is 0. The van der Waals surface area contributed by atoms with Crippen LogP contribution in [0.5, 0.6) is 0 Å². The molecule has 0 unspecified atom stereocenters. The van der Waals surface area contributed by atoms with Crippen LogP contribution in [0.4, 0.5) is 28.6 Å². The summed E-state index contributed by atoms with van der Waals surface area (Å²) in [5.74, 6) is 0. The molecule has 7 rings (SSSR count). The molecule has 3 aliphatic rings. The van der Waals surface area contributed by atoms with E-state index in [9.17, 15) is 17.3 Å². The first-order valence-corrected chi connectivity index (χ1v) is 17.6. The van der Waals surface area contributed by atoms with E-state index in [0.29, 0.717) is 0 Å². The summed E-state index contributed by atoms with van der Waals surface area (Å²) in [7, 11) is -1.56. The standard InChI is InChI=1S/C44H47N2.BF4/c1-42(2)28-30(15-13-21-38-43(3,4)36-25-23-32-17-9-11-19-34(32)40(36)45(38)7)27-31(29-42)16-14-22-39-44(5,6)37-26-24-33-18-10-12-20-35(33)41(37)46(39)8;2-1(3,4)5/h9-27H,28-29H2,1-8H3;/q+1;-1. The molecule has 0 radical (unpaired) electrons. The molecule has 4 aromatic rings. The van der Waals surface area contributed by atoms with Crippen LogP contribution in [0.15, 0.2) is 132 Å². The third-order valence-electron chi connectivity index (χ3n) is 10.7. The third kappa shape index (κ3) is 7.13. The van der Waals surface area contributed by atoms with Gasteiger partial charge in [-0.25, -0.2) is 0 Å². The fraction of sp³-hybridized carbons (Fsp3) is 0.295. The summed E-state index contributed by atoms with van der Waals surface area (Å²) < 4.78 is 41.4. The lowest BCUT2D eigenvalue weighted by molar-refractivity contribution is -0.399. The van der Waals surface area contributed by atoms with Crippen molar-refractivity contribution in [3.05, 3.63) is 143 Å². The molecule has 7 heteroatoms. The number of rotatable bonds is 4. The Labute approximate surface area is 300 Å². The summed E-state index contributed by atoms with van der Waals surface area (Å²) >= 11 is 0. The number of halogens is 4. The van der Waals surface area contributed by atoms with Crippen molar-refractivity contribution in [3.8, 4) is 0 Å². The van der Waals surface area contributed by atoms with Crippen LogP contribution in [0.25, 0.3) is 21.5 Å². The van der Waals surface area contributed by atoms with Gasteiger partial charge in [-0.1, -0.05) is 125 Å². The molecule has 51 heavy (non-hydrogen) atoms. The monoisotopic (exact) mass is 690 g/mol. The Bertz CT molecular complexity index is 2200. The van der Waals surface area contributed by atoms with Crippen molar-refractivity contribution in [1.82, 2.24) is 0 Å². The van der Waals surface area contributed by atoms with E-state index in [1.54, 1.807) is 0 Å². The molecule has 0 spiro atoms. The van der Waals surface area contributed by atoms with Crippen molar-refractivity contribution >= 4 is 45.9 Å². The lowest BCUT2D eigenvalue weighted by Crippen LogP contribution is -2.26. The lowest BCUT2D eigenvalue weighted by atomic mass is 9.75. The molecule has 2 nitrogen and oxygen atoms in total. The fourth-order valence-corrected chi connectivity index (χ4v) is 8.48. The molecule has 0 N–H and O–H groups in total.